The second-order valence-electron chi connectivity index (χ2n) is 9.41. The number of hydrogen-bond acceptors (Lipinski definition) is 7. The van der Waals surface area contributed by atoms with Crippen molar-refractivity contribution in [1.82, 2.24) is 15.2 Å². The fourth-order valence-electron chi connectivity index (χ4n) is 4.85. The standard InChI is InChI=1S/C27H29N3O6/c31-21-8-4-2-6-18(21)13-19-15-36-22(29-19)14-28-26(34)24(32)25(33)27(35)30-12-11-16-5-1-3-7-20(16)23(30)17-9-10-17/h1-8,15,17,23-25,31-33H,9-14H2,(H,28,34)/t23?,24-,25-/m1/s1. The fraction of sp³-hybridized carbons (Fsp3) is 0.370. The number of rotatable bonds is 8. The summed E-state index contributed by atoms with van der Waals surface area (Å²) in [6.45, 7) is 0.303. The number of amides is 2. The SMILES string of the molecule is O=C(NCc1nc(Cc2ccccc2O)co1)[C@H](O)[C@@H](O)C(=O)N1CCc2ccccc2C1C1CC1. The van der Waals surface area contributed by atoms with Crippen molar-refractivity contribution in [3.05, 3.63) is 83.1 Å². The minimum atomic E-state index is -1.93. The molecular weight excluding hydrogens is 462 g/mol. The van der Waals surface area contributed by atoms with Crippen molar-refractivity contribution in [2.45, 2.75) is 50.5 Å². The maximum absolute atomic E-state index is 13.2. The maximum Gasteiger partial charge on any atom is 0.255 e. The van der Waals surface area contributed by atoms with Gasteiger partial charge in [0.2, 0.25) is 5.89 Å². The highest BCUT2D eigenvalue weighted by Gasteiger charge is 2.44. The summed E-state index contributed by atoms with van der Waals surface area (Å²) in [7, 11) is 0. The summed E-state index contributed by atoms with van der Waals surface area (Å²) in [6, 6.07) is 14.7. The minimum Gasteiger partial charge on any atom is -0.508 e. The van der Waals surface area contributed by atoms with Gasteiger partial charge >= 0.3 is 0 Å². The van der Waals surface area contributed by atoms with Crippen LogP contribution in [-0.2, 0) is 29.0 Å². The first kappa shape index (κ1) is 24.0. The smallest absolute Gasteiger partial charge is 0.255 e. The zero-order chi connectivity index (χ0) is 25.2. The average Bonchev–Trinajstić information content (AvgIpc) is 3.65. The Morgan fingerprint density at radius 1 is 1.08 bits per heavy atom. The van der Waals surface area contributed by atoms with Crippen LogP contribution in [0, 0.1) is 5.92 Å². The van der Waals surface area contributed by atoms with Crippen LogP contribution in [0.2, 0.25) is 0 Å². The minimum absolute atomic E-state index is 0.126. The summed E-state index contributed by atoms with van der Waals surface area (Å²) >= 11 is 0. The topological polar surface area (TPSA) is 136 Å². The molecular formula is C27H29N3O6. The maximum atomic E-state index is 13.2. The average molecular weight is 492 g/mol. The summed E-state index contributed by atoms with van der Waals surface area (Å²) in [4.78, 5) is 31.6. The number of hydrogen-bond donors (Lipinski definition) is 4. The quantitative estimate of drug-likeness (QED) is 0.378. The van der Waals surface area contributed by atoms with E-state index in [1.807, 2.05) is 18.2 Å². The van der Waals surface area contributed by atoms with Gasteiger partial charge in [-0.2, -0.15) is 0 Å². The third-order valence-electron chi connectivity index (χ3n) is 6.88. The number of aliphatic hydroxyl groups is 2. The number of phenols is 1. The van der Waals surface area contributed by atoms with E-state index < -0.39 is 24.0 Å². The largest absolute Gasteiger partial charge is 0.508 e. The van der Waals surface area contributed by atoms with Gasteiger partial charge in [-0.25, -0.2) is 4.98 Å². The van der Waals surface area contributed by atoms with Gasteiger partial charge in [0, 0.05) is 13.0 Å². The van der Waals surface area contributed by atoms with Gasteiger partial charge in [-0.1, -0.05) is 42.5 Å². The molecule has 0 radical (unpaired) electrons. The third kappa shape index (κ3) is 4.98. The Labute approximate surface area is 208 Å². The van der Waals surface area contributed by atoms with Crippen molar-refractivity contribution in [3.63, 3.8) is 0 Å². The Bertz CT molecular complexity index is 1250. The van der Waals surface area contributed by atoms with Gasteiger partial charge in [-0.15, -0.1) is 0 Å². The number of carbonyl (C=O) groups excluding carboxylic acids is 2. The predicted molar refractivity (Wildman–Crippen MR) is 129 cm³/mol. The van der Waals surface area contributed by atoms with Crippen molar-refractivity contribution >= 4 is 11.8 Å². The van der Waals surface area contributed by atoms with Gasteiger partial charge in [-0.05, 0) is 47.9 Å². The van der Waals surface area contributed by atoms with Gasteiger partial charge in [0.15, 0.2) is 12.2 Å². The number of para-hydroxylation sites is 1. The van der Waals surface area contributed by atoms with E-state index in [1.54, 1.807) is 29.2 Å². The van der Waals surface area contributed by atoms with Crippen molar-refractivity contribution in [2.24, 2.45) is 5.92 Å². The molecule has 9 heteroatoms. The second-order valence-corrected chi connectivity index (χ2v) is 9.41. The van der Waals surface area contributed by atoms with E-state index >= 15 is 0 Å². The van der Waals surface area contributed by atoms with E-state index in [1.165, 1.54) is 11.8 Å². The lowest BCUT2D eigenvalue weighted by atomic mass is 9.89. The zero-order valence-corrected chi connectivity index (χ0v) is 19.7. The number of phenolic OH excluding ortho intramolecular Hbond substituents is 1. The molecule has 0 bridgehead atoms. The lowest BCUT2D eigenvalue weighted by Crippen LogP contribution is -2.53. The van der Waals surface area contributed by atoms with Crippen LogP contribution in [0.1, 0.15) is 47.2 Å². The third-order valence-corrected chi connectivity index (χ3v) is 6.88. The summed E-state index contributed by atoms with van der Waals surface area (Å²) in [5, 5.41) is 33.4. The van der Waals surface area contributed by atoms with Gasteiger partial charge in [-0.3, -0.25) is 9.59 Å². The van der Waals surface area contributed by atoms with Crippen LogP contribution in [0.3, 0.4) is 0 Å². The summed E-state index contributed by atoms with van der Waals surface area (Å²) in [6.07, 6.45) is 0.639. The number of nitrogens with one attached hydrogen (secondary N) is 1. The first-order chi connectivity index (χ1) is 17.4. The number of nitrogens with zero attached hydrogens (tertiary/aromatic N) is 2. The number of aliphatic hydroxyl groups excluding tert-OH is 2. The Morgan fingerprint density at radius 3 is 2.61 bits per heavy atom. The molecule has 2 aliphatic rings. The van der Waals surface area contributed by atoms with E-state index in [9.17, 15) is 24.9 Å². The number of benzene rings is 2. The molecule has 2 heterocycles. The number of fused-ring (bicyclic) bond motifs is 1. The van der Waals surface area contributed by atoms with Crippen molar-refractivity contribution < 1.29 is 29.3 Å². The summed E-state index contributed by atoms with van der Waals surface area (Å²) in [5.74, 6) is -0.867. The van der Waals surface area contributed by atoms with Crippen LogP contribution < -0.4 is 5.32 Å². The van der Waals surface area contributed by atoms with Crippen LogP contribution in [0.5, 0.6) is 5.75 Å². The van der Waals surface area contributed by atoms with E-state index in [0.29, 0.717) is 36.6 Å². The van der Waals surface area contributed by atoms with Crippen LogP contribution in [-0.4, -0.2) is 55.8 Å². The lowest BCUT2D eigenvalue weighted by molar-refractivity contribution is -0.155. The number of oxazole rings is 1. The molecule has 3 atom stereocenters. The molecule has 36 heavy (non-hydrogen) atoms. The first-order valence-electron chi connectivity index (χ1n) is 12.1. The second kappa shape index (κ2) is 10.1. The van der Waals surface area contributed by atoms with E-state index in [4.69, 9.17) is 4.42 Å². The fourth-order valence-corrected chi connectivity index (χ4v) is 4.85. The highest BCUT2D eigenvalue weighted by Crippen LogP contribution is 2.47. The monoisotopic (exact) mass is 491 g/mol. The van der Waals surface area contributed by atoms with E-state index in [-0.39, 0.29) is 24.2 Å². The Balaban J connectivity index is 1.18. The number of aromatic nitrogens is 1. The van der Waals surface area contributed by atoms with Gasteiger partial charge < -0.3 is 30.0 Å². The highest BCUT2D eigenvalue weighted by atomic mass is 16.4. The predicted octanol–water partition coefficient (Wildman–Crippen LogP) is 1.84. The molecule has 1 fully saturated rings. The summed E-state index contributed by atoms with van der Waals surface area (Å²) in [5.41, 5.74) is 3.52. The molecule has 1 unspecified atom stereocenters. The summed E-state index contributed by atoms with van der Waals surface area (Å²) < 4.78 is 5.36. The first-order valence-corrected chi connectivity index (χ1v) is 12.1. The van der Waals surface area contributed by atoms with Crippen molar-refractivity contribution in [2.75, 3.05) is 6.54 Å². The van der Waals surface area contributed by atoms with Crippen molar-refractivity contribution in [1.29, 1.82) is 0 Å². The Kier molecular flexibility index (Phi) is 6.75. The van der Waals surface area contributed by atoms with Crippen LogP contribution >= 0.6 is 0 Å². The molecule has 188 valence electrons. The van der Waals surface area contributed by atoms with Crippen LogP contribution in [0.15, 0.2) is 59.2 Å². The highest BCUT2D eigenvalue weighted by molar-refractivity contribution is 5.91. The number of carbonyl (C=O) groups is 2. The zero-order valence-electron chi connectivity index (χ0n) is 19.7. The number of aromatic hydroxyl groups is 1. The molecule has 2 amide bonds. The normalized spacial score (nSPS) is 18.8. The molecule has 4 N–H and O–H groups in total. The molecule has 1 saturated carbocycles. The molecule has 5 rings (SSSR count). The van der Waals surface area contributed by atoms with Crippen LogP contribution in [0.4, 0.5) is 0 Å². The molecule has 1 aromatic heterocycles. The molecule has 2 aromatic carbocycles. The molecule has 3 aromatic rings. The van der Waals surface area contributed by atoms with Gasteiger partial charge in [0.25, 0.3) is 11.8 Å². The van der Waals surface area contributed by atoms with Gasteiger partial charge in [0.05, 0.1) is 18.3 Å². The Hall–Kier alpha value is -3.69. The molecule has 1 aliphatic heterocycles. The van der Waals surface area contributed by atoms with E-state index in [0.717, 1.165) is 18.4 Å². The Morgan fingerprint density at radius 2 is 1.83 bits per heavy atom. The van der Waals surface area contributed by atoms with Crippen molar-refractivity contribution in [3.8, 4) is 5.75 Å². The molecule has 0 spiro atoms. The lowest BCUT2D eigenvalue weighted by Gasteiger charge is -2.39. The molecule has 9 nitrogen and oxygen atoms in total. The van der Waals surface area contributed by atoms with Gasteiger partial charge in [0.1, 0.15) is 12.0 Å². The van der Waals surface area contributed by atoms with E-state index in [2.05, 4.69) is 16.4 Å². The van der Waals surface area contributed by atoms with Crippen LogP contribution in [0.25, 0.3) is 0 Å². The molecule has 1 aliphatic carbocycles. The molecule has 0 saturated heterocycles.